The van der Waals surface area contributed by atoms with Gasteiger partial charge in [-0.15, -0.1) is 0 Å². The third-order valence-corrected chi connectivity index (χ3v) is 3.66. The molecule has 0 saturated carbocycles. The monoisotopic (exact) mass is 315 g/mol. The van der Waals surface area contributed by atoms with Crippen LogP contribution in [0, 0.1) is 5.82 Å². The number of hydrogen-bond donors (Lipinski definition) is 1. The van der Waals surface area contributed by atoms with Gasteiger partial charge in [-0.1, -0.05) is 29.8 Å². The lowest BCUT2D eigenvalue weighted by Gasteiger charge is -2.22. The van der Waals surface area contributed by atoms with Crippen molar-refractivity contribution in [1.29, 1.82) is 0 Å². The molecule has 0 amide bonds. The molecule has 112 valence electrons. The molecule has 5 heteroatoms. The standard InChI is InChI=1S/C17H15ClFN3/c1-17(2,20)16-14(10-5-3-6-11(19)9-10)21-13-8-4-7-12(18)15(13)22-16/h3-9H,20H2,1-2H3. The Balaban J connectivity index is 2.37. The Hall–Kier alpha value is -2.04. The Kier molecular flexibility index (Phi) is 3.59. The van der Waals surface area contributed by atoms with Crippen molar-refractivity contribution >= 4 is 22.6 Å². The second-order valence-electron chi connectivity index (χ2n) is 5.76. The van der Waals surface area contributed by atoms with Crippen molar-refractivity contribution in [3.05, 3.63) is 59.0 Å². The van der Waals surface area contributed by atoms with Gasteiger partial charge in [-0.2, -0.15) is 0 Å². The Morgan fingerprint density at radius 2 is 1.82 bits per heavy atom. The fourth-order valence-corrected chi connectivity index (χ4v) is 2.54. The molecule has 0 saturated heterocycles. The minimum absolute atomic E-state index is 0.328. The normalized spacial score (nSPS) is 11.9. The maximum Gasteiger partial charge on any atom is 0.123 e. The number of rotatable bonds is 2. The molecule has 3 nitrogen and oxygen atoms in total. The predicted molar refractivity (Wildman–Crippen MR) is 87.2 cm³/mol. The third kappa shape index (κ3) is 2.67. The summed E-state index contributed by atoms with van der Waals surface area (Å²) in [6.45, 7) is 3.67. The second-order valence-corrected chi connectivity index (χ2v) is 6.17. The lowest BCUT2D eigenvalue weighted by atomic mass is 9.96. The fourth-order valence-electron chi connectivity index (χ4n) is 2.33. The van der Waals surface area contributed by atoms with Crippen molar-refractivity contribution in [2.45, 2.75) is 19.4 Å². The van der Waals surface area contributed by atoms with Crippen molar-refractivity contribution in [1.82, 2.24) is 9.97 Å². The Morgan fingerprint density at radius 3 is 2.50 bits per heavy atom. The number of benzene rings is 2. The van der Waals surface area contributed by atoms with Gasteiger partial charge in [0.05, 0.1) is 27.5 Å². The highest BCUT2D eigenvalue weighted by molar-refractivity contribution is 6.34. The summed E-state index contributed by atoms with van der Waals surface area (Å²) in [7, 11) is 0. The van der Waals surface area contributed by atoms with Crippen molar-refractivity contribution in [2.24, 2.45) is 5.73 Å². The molecular weight excluding hydrogens is 301 g/mol. The number of hydrogen-bond acceptors (Lipinski definition) is 3. The van der Waals surface area contributed by atoms with E-state index in [4.69, 9.17) is 17.3 Å². The van der Waals surface area contributed by atoms with Gasteiger partial charge in [0, 0.05) is 5.56 Å². The molecule has 3 aromatic rings. The Bertz CT molecular complexity index is 856. The molecule has 0 aliphatic heterocycles. The van der Waals surface area contributed by atoms with Gasteiger partial charge in [0.25, 0.3) is 0 Å². The van der Waals surface area contributed by atoms with E-state index < -0.39 is 5.54 Å². The molecule has 0 bridgehead atoms. The molecule has 3 rings (SSSR count). The number of para-hydroxylation sites is 1. The van der Waals surface area contributed by atoms with Crippen LogP contribution in [0.4, 0.5) is 4.39 Å². The summed E-state index contributed by atoms with van der Waals surface area (Å²) in [5.41, 5.74) is 8.54. The molecule has 0 aliphatic rings. The number of halogens is 2. The molecule has 0 aliphatic carbocycles. The van der Waals surface area contributed by atoms with Crippen molar-refractivity contribution in [3.63, 3.8) is 0 Å². The summed E-state index contributed by atoms with van der Waals surface area (Å²) in [5, 5.41) is 0.515. The van der Waals surface area contributed by atoms with E-state index in [1.54, 1.807) is 18.2 Å². The molecule has 0 radical (unpaired) electrons. The van der Waals surface area contributed by atoms with Crippen LogP contribution >= 0.6 is 11.6 Å². The quantitative estimate of drug-likeness (QED) is 0.767. The van der Waals surface area contributed by atoms with Gasteiger partial charge in [-0.25, -0.2) is 14.4 Å². The number of nitrogens with zero attached hydrogens (tertiary/aromatic N) is 2. The summed E-state index contributed by atoms with van der Waals surface area (Å²) in [6.07, 6.45) is 0. The van der Waals surface area contributed by atoms with E-state index in [1.165, 1.54) is 12.1 Å². The summed E-state index contributed by atoms with van der Waals surface area (Å²) in [5.74, 6) is -0.328. The number of fused-ring (bicyclic) bond motifs is 1. The molecule has 0 spiro atoms. The van der Waals surface area contributed by atoms with Crippen LogP contribution < -0.4 is 5.73 Å². The lowest BCUT2D eigenvalue weighted by molar-refractivity contribution is 0.537. The lowest BCUT2D eigenvalue weighted by Crippen LogP contribution is -2.31. The van der Waals surface area contributed by atoms with Crippen LogP contribution in [0.15, 0.2) is 42.5 Å². The highest BCUT2D eigenvalue weighted by Gasteiger charge is 2.24. The molecule has 0 unspecified atom stereocenters. The average molecular weight is 316 g/mol. The summed E-state index contributed by atoms with van der Waals surface area (Å²) in [6, 6.07) is 11.6. The van der Waals surface area contributed by atoms with Gasteiger partial charge in [0.2, 0.25) is 0 Å². The first-order valence-electron chi connectivity index (χ1n) is 6.88. The van der Waals surface area contributed by atoms with E-state index >= 15 is 0 Å². The fraction of sp³-hybridized carbons (Fsp3) is 0.176. The summed E-state index contributed by atoms with van der Waals surface area (Å²) in [4.78, 5) is 9.23. The van der Waals surface area contributed by atoms with E-state index in [0.717, 1.165) is 0 Å². The first-order chi connectivity index (χ1) is 10.4. The molecule has 22 heavy (non-hydrogen) atoms. The zero-order valence-electron chi connectivity index (χ0n) is 12.3. The van der Waals surface area contributed by atoms with E-state index in [9.17, 15) is 4.39 Å². The first kappa shape index (κ1) is 14.9. The zero-order chi connectivity index (χ0) is 15.9. The van der Waals surface area contributed by atoms with Crippen molar-refractivity contribution in [3.8, 4) is 11.3 Å². The molecule has 0 atom stereocenters. The number of aromatic nitrogens is 2. The zero-order valence-corrected chi connectivity index (χ0v) is 13.0. The second kappa shape index (κ2) is 5.30. The average Bonchev–Trinajstić information content (AvgIpc) is 2.45. The topological polar surface area (TPSA) is 51.8 Å². The maximum atomic E-state index is 13.6. The van der Waals surface area contributed by atoms with Crippen LogP contribution in [0.25, 0.3) is 22.3 Å². The minimum atomic E-state index is -0.734. The van der Waals surface area contributed by atoms with Crippen LogP contribution in [-0.2, 0) is 5.54 Å². The molecular formula is C17H15ClFN3. The van der Waals surface area contributed by atoms with E-state index in [2.05, 4.69) is 9.97 Å². The smallest absolute Gasteiger partial charge is 0.123 e. The van der Waals surface area contributed by atoms with Crippen LogP contribution in [0.5, 0.6) is 0 Å². The van der Waals surface area contributed by atoms with Gasteiger partial charge < -0.3 is 5.73 Å². The molecule has 1 aromatic heterocycles. The summed E-state index contributed by atoms with van der Waals surface area (Å²) >= 11 is 6.20. The van der Waals surface area contributed by atoms with Gasteiger partial charge in [0.1, 0.15) is 11.3 Å². The molecule has 2 aromatic carbocycles. The Labute approximate surface area is 133 Å². The molecule has 0 fully saturated rings. The van der Waals surface area contributed by atoms with Gasteiger partial charge in [0.15, 0.2) is 0 Å². The van der Waals surface area contributed by atoms with Gasteiger partial charge in [-0.05, 0) is 38.1 Å². The van der Waals surface area contributed by atoms with Crippen LogP contribution in [0.1, 0.15) is 19.5 Å². The number of nitrogens with two attached hydrogens (primary N) is 1. The van der Waals surface area contributed by atoms with E-state index in [0.29, 0.717) is 33.0 Å². The maximum absolute atomic E-state index is 13.6. The van der Waals surface area contributed by atoms with Crippen LogP contribution in [0.3, 0.4) is 0 Å². The van der Waals surface area contributed by atoms with Gasteiger partial charge >= 0.3 is 0 Å². The van der Waals surface area contributed by atoms with Crippen molar-refractivity contribution in [2.75, 3.05) is 0 Å². The molecule has 2 N–H and O–H groups in total. The van der Waals surface area contributed by atoms with Gasteiger partial charge in [-0.3, -0.25) is 0 Å². The minimum Gasteiger partial charge on any atom is -0.321 e. The SMILES string of the molecule is CC(C)(N)c1nc2c(Cl)cccc2nc1-c1cccc(F)c1. The van der Waals surface area contributed by atoms with E-state index in [-0.39, 0.29) is 5.82 Å². The van der Waals surface area contributed by atoms with Crippen molar-refractivity contribution < 1.29 is 4.39 Å². The third-order valence-electron chi connectivity index (χ3n) is 3.35. The first-order valence-corrected chi connectivity index (χ1v) is 7.25. The largest absolute Gasteiger partial charge is 0.321 e. The van der Waals surface area contributed by atoms with Crippen LogP contribution in [-0.4, -0.2) is 9.97 Å². The molecule has 1 heterocycles. The highest BCUT2D eigenvalue weighted by Crippen LogP contribution is 2.31. The van der Waals surface area contributed by atoms with Crippen LogP contribution in [0.2, 0.25) is 5.02 Å². The van der Waals surface area contributed by atoms with E-state index in [1.807, 2.05) is 26.0 Å². The predicted octanol–water partition coefficient (Wildman–Crippen LogP) is 4.28. The highest BCUT2D eigenvalue weighted by atomic mass is 35.5. The summed E-state index contributed by atoms with van der Waals surface area (Å²) < 4.78 is 13.6. The Morgan fingerprint density at radius 1 is 1.09 bits per heavy atom.